The molecule has 1 unspecified atom stereocenters. The minimum Gasteiger partial charge on any atom is -0.481 e. The van der Waals surface area contributed by atoms with Gasteiger partial charge in [0.15, 0.2) is 0 Å². The van der Waals surface area contributed by atoms with Crippen LogP contribution in [-0.4, -0.2) is 66.7 Å². The van der Waals surface area contributed by atoms with Crippen LogP contribution < -0.4 is 0 Å². The van der Waals surface area contributed by atoms with E-state index in [0.29, 0.717) is 19.1 Å². The molecule has 2 fully saturated rings. The Morgan fingerprint density at radius 1 is 1.22 bits per heavy atom. The van der Waals surface area contributed by atoms with Gasteiger partial charge in [0.25, 0.3) is 0 Å². The zero-order valence-corrected chi connectivity index (χ0v) is 11.2. The lowest BCUT2D eigenvalue weighted by molar-refractivity contribution is -0.136. The molecule has 1 atom stereocenters. The van der Waals surface area contributed by atoms with Crippen molar-refractivity contribution in [3.8, 4) is 0 Å². The Labute approximate surface area is 108 Å². The first-order chi connectivity index (χ1) is 8.49. The third-order valence-corrected chi connectivity index (χ3v) is 5.59. The van der Waals surface area contributed by atoms with Crippen LogP contribution in [0.3, 0.4) is 0 Å². The van der Waals surface area contributed by atoms with Crippen LogP contribution in [0.15, 0.2) is 0 Å². The van der Waals surface area contributed by atoms with Crippen LogP contribution in [0.1, 0.15) is 25.7 Å². The number of carboxylic acids is 1. The lowest BCUT2D eigenvalue weighted by Crippen LogP contribution is -2.38. The van der Waals surface area contributed by atoms with Gasteiger partial charge in [-0.05, 0) is 32.4 Å². The Hall–Kier alpha value is -0.660. The van der Waals surface area contributed by atoms with Gasteiger partial charge in [-0.15, -0.1) is 0 Å². The minimum absolute atomic E-state index is 0.283. The lowest BCUT2D eigenvalue weighted by atomic mass is 10.2. The predicted molar refractivity (Wildman–Crippen MR) is 66.8 cm³/mol. The van der Waals surface area contributed by atoms with E-state index in [1.807, 2.05) is 0 Å². The Morgan fingerprint density at radius 3 is 2.50 bits per heavy atom. The number of nitrogens with zero attached hydrogens (tertiary/aromatic N) is 2. The van der Waals surface area contributed by atoms with Crippen LogP contribution >= 0.6 is 0 Å². The maximum absolute atomic E-state index is 11.9. The van der Waals surface area contributed by atoms with E-state index < -0.39 is 16.0 Å². The van der Waals surface area contributed by atoms with Gasteiger partial charge in [0.2, 0.25) is 10.0 Å². The molecule has 6 nitrogen and oxygen atoms in total. The molecule has 0 aromatic rings. The van der Waals surface area contributed by atoms with Crippen molar-refractivity contribution in [1.82, 2.24) is 9.21 Å². The van der Waals surface area contributed by atoms with Crippen molar-refractivity contribution < 1.29 is 18.3 Å². The summed E-state index contributed by atoms with van der Waals surface area (Å²) in [6, 6.07) is 0.326. The molecule has 1 N–H and O–H groups in total. The summed E-state index contributed by atoms with van der Waals surface area (Å²) in [5, 5.41) is 8.55. The van der Waals surface area contributed by atoms with Crippen molar-refractivity contribution in [2.45, 2.75) is 31.7 Å². The fraction of sp³-hybridized carbons (Fsp3) is 0.909. The van der Waals surface area contributed by atoms with Crippen LogP contribution in [0.25, 0.3) is 0 Å². The maximum atomic E-state index is 11.9. The minimum atomic E-state index is -3.39. The molecule has 7 heteroatoms. The monoisotopic (exact) mass is 276 g/mol. The van der Waals surface area contributed by atoms with Crippen LogP contribution in [0, 0.1) is 0 Å². The molecule has 2 rings (SSSR count). The molecule has 0 bridgehead atoms. The summed E-state index contributed by atoms with van der Waals surface area (Å²) in [4.78, 5) is 12.8. The summed E-state index contributed by atoms with van der Waals surface area (Å²) in [6.45, 7) is 3.19. The molecule has 104 valence electrons. The Balaban J connectivity index is 1.89. The normalized spacial score (nSPS) is 26.8. The molecule has 0 aromatic heterocycles. The maximum Gasteiger partial charge on any atom is 0.304 e. The number of carboxylic acid groups (broad SMARTS) is 1. The van der Waals surface area contributed by atoms with Gasteiger partial charge < -0.3 is 5.11 Å². The average Bonchev–Trinajstić information content (AvgIpc) is 2.96. The second kappa shape index (κ2) is 5.54. The van der Waals surface area contributed by atoms with E-state index in [0.717, 1.165) is 19.5 Å². The van der Waals surface area contributed by atoms with Crippen molar-refractivity contribution in [1.29, 1.82) is 0 Å². The first-order valence-electron chi connectivity index (χ1n) is 6.43. The number of rotatable bonds is 5. The molecule has 2 heterocycles. The molecule has 0 radical (unpaired) electrons. The number of hydrogen-bond acceptors (Lipinski definition) is 4. The molecular weight excluding hydrogens is 256 g/mol. The molecule has 0 amide bonds. The Kier molecular flexibility index (Phi) is 4.24. The zero-order valence-electron chi connectivity index (χ0n) is 10.4. The second-order valence-electron chi connectivity index (χ2n) is 5.00. The standard InChI is InChI=1S/C11H20N2O4S/c14-11(15)4-8-18(16,17)13-7-3-10(9-13)12-5-1-2-6-12/h10H,1-9H2,(H,14,15). The first-order valence-corrected chi connectivity index (χ1v) is 8.03. The molecule has 0 aromatic carbocycles. The molecule has 0 aliphatic carbocycles. The summed E-state index contributed by atoms with van der Waals surface area (Å²) in [6.07, 6.45) is 2.95. The van der Waals surface area contributed by atoms with E-state index in [4.69, 9.17) is 5.11 Å². The fourth-order valence-electron chi connectivity index (χ4n) is 2.71. The highest BCUT2D eigenvalue weighted by Gasteiger charge is 2.34. The predicted octanol–water partition coefficient (Wildman–Crippen LogP) is -0.0390. The summed E-state index contributed by atoms with van der Waals surface area (Å²) in [7, 11) is -3.39. The largest absolute Gasteiger partial charge is 0.481 e. The van der Waals surface area contributed by atoms with Gasteiger partial charge in [-0.25, -0.2) is 12.7 Å². The van der Waals surface area contributed by atoms with Gasteiger partial charge in [-0.2, -0.15) is 0 Å². The number of likely N-dealkylation sites (tertiary alicyclic amines) is 1. The van der Waals surface area contributed by atoms with E-state index >= 15 is 0 Å². The average molecular weight is 276 g/mol. The van der Waals surface area contributed by atoms with E-state index in [2.05, 4.69) is 4.90 Å². The van der Waals surface area contributed by atoms with Crippen molar-refractivity contribution in [2.24, 2.45) is 0 Å². The van der Waals surface area contributed by atoms with Gasteiger partial charge in [-0.3, -0.25) is 9.69 Å². The zero-order chi connectivity index (χ0) is 13.2. The van der Waals surface area contributed by atoms with Crippen molar-refractivity contribution in [2.75, 3.05) is 31.9 Å². The highest BCUT2D eigenvalue weighted by atomic mass is 32.2. The van der Waals surface area contributed by atoms with E-state index in [1.54, 1.807) is 0 Å². The summed E-state index contributed by atoms with van der Waals surface area (Å²) in [5.41, 5.74) is 0. The third-order valence-electron chi connectivity index (χ3n) is 3.75. The molecule has 0 saturated carbocycles. The smallest absolute Gasteiger partial charge is 0.304 e. The molecule has 2 aliphatic heterocycles. The molecule has 0 spiro atoms. The van der Waals surface area contributed by atoms with Crippen molar-refractivity contribution >= 4 is 16.0 Å². The number of sulfonamides is 1. The van der Waals surface area contributed by atoms with Gasteiger partial charge in [-0.1, -0.05) is 0 Å². The van der Waals surface area contributed by atoms with E-state index in [-0.39, 0.29) is 12.2 Å². The third kappa shape index (κ3) is 3.21. The highest BCUT2D eigenvalue weighted by Crippen LogP contribution is 2.22. The van der Waals surface area contributed by atoms with E-state index in [9.17, 15) is 13.2 Å². The van der Waals surface area contributed by atoms with Crippen LogP contribution in [0.2, 0.25) is 0 Å². The lowest BCUT2D eigenvalue weighted by Gasteiger charge is -2.23. The van der Waals surface area contributed by atoms with Gasteiger partial charge in [0, 0.05) is 19.1 Å². The van der Waals surface area contributed by atoms with Crippen molar-refractivity contribution in [3.63, 3.8) is 0 Å². The fourth-order valence-corrected chi connectivity index (χ4v) is 4.19. The van der Waals surface area contributed by atoms with Gasteiger partial charge in [0.05, 0.1) is 12.2 Å². The molecular formula is C11H20N2O4S. The van der Waals surface area contributed by atoms with Crippen LogP contribution in [0.4, 0.5) is 0 Å². The van der Waals surface area contributed by atoms with Crippen LogP contribution in [0.5, 0.6) is 0 Å². The number of aliphatic carboxylic acids is 1. The summed E-state index contributed by atoms with van der Waals surface area (Å²) >= 11 is 0. The molecule has 18 heavy (non-hydrogen) atoms. The highest BCUT2D eigenvalue weighted by molar-refractivity contribution is 7.89. The Morgan fingerprint density at radius 2 is 1.89 bits per heavy atom. The molecule has 2 aliphatic rings. The number of hydrogen-bond donors (Lipinski definition) is 1. The van der Waals surface area contributed by atoms with Gasteiger partial charge >= 0.3 is 5.97 Å². The topological polar surface area (TPSA) is 77.9 Å². The van der Waals surface area contributed by atoms with E-state index in [1.165, 1.54) is 17.1 Å². The number of carbonyl (C=O) groups is 1. The SMILES string of the molecule is O=C(O)CCS(=O)(=O)N1CCC(N2CCCC2)C1. The quantitative estimate of drug-likeness (QED) is 0.762. The molecule has 2 saturated heterocycles. The summed E-state index contributed by atoms with van der Waals surface area (Å²) < 4.78 is 25.3. The van der Waals surface area contributed by atoms with Crippen LogP contribution in [-0.2, 0) is 14.8 Å². The van der Waals surface area contributed by atoms with Gasteiger partial charge in [0.1, 0.15) is 0 Å². The Bertz CT molecular complexity index is 403. The summed E-state index contributed by atoms with van der Waals surface area (Å²) in [5.74, 6) is -1.34. The first kappa shape index (κ1) is 13.8. The second-order valence-corrected chi connectivity index (χ2v) is 7.09. The van der Waals surface area contributed by atoms with Crippen molar-refractivity contribution in [3.05, 3.63) is 0 Å².